The van der Waals surface area contributed by atoms with E-state index < -0.39 is 0 Å². The summed E-state index contributed by atoms with van der Waals surface area (Å²) in [5, 5.41) is 2.88. The summed E-state index contributed by atoms with van der Waals surface area (Å²) >= 11 is 0. The number of amides is 1. The fourth-order valence-corrected chi connectivity index (χ4v) is 2.93. The van der Waals surface area contributed by atoms with Crippen LogP contribution in [0.15, 0.2) is 61.2 Å². The van der Waals surface area contributed by atoms with Gasteiger partial charge in [0.1, 0.15) is 0 Å². The maximum Gasteiger partial charge on any atom is 0.220 e. The lowest BCUT2D eigenvalue weighted by atomic mass is 10.0. The van der Waals surface area contributed by atoms with Crippen molar-refractivity contribution in [2.45, 2.75) is 39.8 Å². The molecule has 0 saturated carbocycles. The summed E-state index contributed by atoms with van der Waals surface area (Å²) in [7, 11) is 0. The highest BCUT2D eigenvalue weighted by Crippen LogP contribution is 2.12. The fraction of sp³-hybridized carbons (Fsp3) is 0.261. The lowest BCUT2D eigenvalue weighted by Crippen LogP contribution is -2.23. The van der Waals surface area contributed by atoms with E-state index in [0.29, 0.717) is 12.1 Å². The molecular weight excluding hydrogens is 350 g/mol. The van der Waals surface area contributed by atoms with Crippen LogP contribution in [0.25, 0.3) is 0 Å². The third kappa shape index (κ3) is 5.39. The Morgan fingerprint density at radius 2 is 1.71 bits per heavy atom. The summed E-state index contributed by atoms with van der Waals surface area (Å²) in [4.78, 5) is 28.4. The first-order valence-electron chi connectivity index (χ1n) is 9.42. The Hall–Kier alpha value is -3.21. The van der Waals surface area contributed by atoms with Crippen molar-refractivity contribution in [1.82, 2.24) is 14.9 Å². The largest absolute Gasteiger partial charge is 0.352 e. The molecule has 1 heterocycles. The SMILES string of the molecule is Cc1ccc(C(=O)CCC(=O)NCc2ccc(Cn3ccnc3)cc2)cc1C. The van der Waals surface area contributed by atoms with Crippen molar-refractivity contribution in [3.63, 3.8) is 0 Å². The molecule has 0 atom stereocenters. The predicted molar refractivity (Wildman–Crippen MR) is 109 cm³/mol. The Morgan fingerprint density at radius 3 is 2.39 bits per heavy atom. The maximum atomic E-state index is 12.3. The van der Waals surface area contributed by atoms with Crippen molar-refractivity contribution in [3.05, 3.63) is 89.0 Å². The van der Waals surface area contributed by atoms with Gasteiger partial charge >= 0.3 is 0 Å². The van der Waals surface area contributed by atoms with Crippen LogP contribution in [0.1, 0.15) is 45.5 Å². The molecule has 5 nitrogen and oxygen atoms in total. The zero-order valence-electron chi connectivity index (χ0n) is 16.3. The molecule has 0 aliphatic heterocycles. The molecule has 5 heteroatoms. The van der Waals surface area contributed by atoms with Crippen LogP contribution in [0.3, 0.4) is 0 Å². The average molecular weight is 375 g/mol. The van der Waals surface area contributed by atoms with Crippen molar-refractivity contribution < 1.29 is 9.59 Å². The van der Waals surface area contributed by atoms with E-state index in [1.54, 1.807) is 12.5 Å². The molecule has 3 rings (SSSR count). The molecule has 1 amide bonds. The van der Waals surface area contributed by atoms with Crippen molar-refractivity contribution in [1.29, 1.82) is 0 Å². The van der Waals surface area contributed by atoms with Crippen LogP contribution in [0.2, 0.25) is 0 Å². The number of hydrogen-bond donors (Lipinski definition) is 1. The molecule has 0 saturated heterocycles. The van der Waals surface area contributed by atoms with Crippen LogP contribution >= 0.6 is 0 Å². The molecule has 2 aromatic carbocycles. The molecule has 1 aromatic heterocycles. The first-order chi connectivity index (χ1) is 13.5. The molecule has 28 heavy (non-hydrogen) atoms. The highest BCUT2D eigenvalue weighted by molar-refractivity contribution is 5.98. The Morgan fingerprint density at radius 1 is 0.964 bits per heavy atom. The number of nitrogens with zero attached hydrogens (tertiary/aromatic N) is 2. The van der Waals surface area contributed by atoms with E-state index in [-0.39, 0.29) is 24.5 Å². The standard InChI is InChI=1S/C23H25N3O2/c1-17-3-8-21(13-18(17)2)22(27)9-10-23(28)25-14-19-4-6-20(7-5-19)15-26-12-11-24-16-26/h3-8,11-13,16H,9-10,14-15H2,1-2H3,(H,25,28). The molecule has 0 bridgehead atoms. The summed E-state index contributed by atoms with van der Waals surface area (Å²) < 4.78 is 2.00. The van der Waals surface area contributed by atoms with Gasteiger partial charge in [-0.15, -0.1) is 0 Å². The number of aryl methyl sites for hydroxylation is 2. The number of ketones is 1. The molecule has 0 spiro atoms. The Kier molecular flexibility index (Phi) is 6.37. The summed E-state index contributed by atoms with van der Waals surface area (Å²) in [5.74, 6) is -0.109. The van der Waals surface area contributed by atoms with E-state index in [1.165, 1.54) is 5.56 Å². The van der Waals surface area contributed by atoms with Crippen LogP contribution in [-0.2, 0) is 17.9 Å². The normalized spacial score (nSPS) is 10.6. The fourth-order valence-electron chi connectivity index (χ4n) is 2.93. The van der Waals surface area contributed by atoms with Gasteiger partial charge in [0.25, 0.3) is 0 Å². The molecule has 0 fully saturated rings. The predicted octanol–water partition coefficient (Wildman–Crippen LogP) is 3.83. The maximum absolute atomic E-state index is 12.3. The van der Waals surface area contributed by atoms with Gasteiger partial charge in [-0.25, -0.2) is 4.98 Å². The van der Waals surface area contributed by atoms with E-state index in [0.717, 1.165) is 23.2 Å². The van der Waals surface area contributed by atoms with E-state index in [2.05, 4.69) is 10.3 Å². The highest BCUT2D eigenvalue weighted by atomic mass is 16.2. The van der Waals surface area contributed by atoms with Crippen molar-refractivity contribution >= 4 is 11.7 Å². The molecule has 0 aliphatic rings. The van der Waals surface area contributed by atoms with E-state index in [1.807, 2.05) is 67.1 Å². The third-order valence-corrected chi connectivity index (χ3v) is 4.85. The van der Waals surface area contributed by atoms with Crippen LogP contribution in [0.4, 0.5) is 0 Å². The lowest BCUT2D eigenvalue weighted by molar-refractivity contribution is -0.121. The smallest absolute Gasteiger partial charge is 0.220 e. The monoisotopic (exact) mass is 375 g/mol. The first kappa shape index (κ1) is 19.5. The molecule has 3 aromatic rings. The minimum absolute atomic E-state index is 0.00195. The van der Waals surface area contributed by atoms with Crippen LogP contribution < -0.4 is 5.32 Å². The number of carbonyl (C=O) groups is 2. The van der Waals surface area contributed by atoms with E-state index in [9.17, 15) is 9.59 Å². The minimum atomic E-state index is -0.111. The Balaban J connectivity index is 1.43. The van der Waals surface area contributed by atoms with Crippen LogP contribution in [0, 0.1) is 13.8 Å². The number of carbonyl (C=O) groups excluding carboxylic acids is 2. The molecule has 0 radical (unpaired) electrons. The summed E-state index contributed by atoms with van der Waals surface area (Å²) in [5.41, 5.74) is 5.12. The van der Waals surface area contributed by atoms with E-state index in [4.69, 9.17) is 0 Å². The number of nitrogens with one attached hydrogen (secondary N) is 1. The zero-order chi connectivity index (χ0) is 19.9. The number of benzene rings is 2. The van der Waals surface area contributed by atoms with Gasteiger partial charge in [0.05, 0.1) is 6.33 Å². The first-order valence-corrected chi connectivity index (χ1v) is 9.42. The zero-order valence-corrected chi connectivity index (χ0v) is 16.3. The van der Waals surface area contributed by atoms with Gasteiger partial charge in [0.15, 0.2) is 5.78 Å². The second-order valence-corrected chi connectivity index (χ2v) is 7.05. The van der Waals surface area contributed by atoms with Gasteiger partial charge in [0.2, 0.25) is 5.91 Å². The van der Waals surface area contributed by atoms with E-state index >= 15 is 0 Å². The van der Waals surface area contributed by atoms with Crippen molar-refractivity contribution in [2.75, 3.05) is 0 Å². The minimum Gasteiger partial charge on any atom is -0.352 e. The van der Waals surface area contributed by atoms with Gasteiger partial charge in [0, 0.05) is 43.9 Å². The topological polar surface area (TPSA) is 64.0 Å². The second kappa shape index (κ2) is 9.13. The summed E-state index contributed by atoms with van der Waals surface area (Å²) in [6, 6.07) is 13.8. The van der Waals surface area contributed by atoms with Crippen LogP contribution in [-0.4, -0.2) is 21.2 Å². The highest BCUT2D eigenvalue weighted by Gasteiger charge is 2.10. The number of imidazole rings is 1. The third-order valence-electron chi connectivity index (χ3n) is 4.85. The summed E-state index contributed by atoms with van der Waals surface area (Å²) in [6.07, 6.45) is 5.89. The van der Waals surface area contributed by atoms with Gasteiger partial charge in [-0.1, -0.05) is 36.4 Å². The quantitative estimate of drug-likeness (QED) is 0.609. The van der Waals surface area contributed by atoms with Gasteiger partial charge in [-0.3, -0.25) is 9.59 Å². The van der Waals surface area contributed by atoms with Crippen LogP contribution in [0.5, 0.6) is 0 Å². The molecule has 1 N–H and O–H groups in total. The van der Waals surface area contributed by atoms with Crippen molar-refractivity contribution in [2.24, 2.45) is 0 Å². The van der Waals surface area contributed by atoms with Gasteiger partial charge in [-0.2, -0.15) is 0 Å². The van der Waals surface area contributed by atoms with Gasteiger partial charge < -0.3 is 9.88 Å². The number of Topliss-reactive ketones (excluding diaryl/α,β-unsaturated/α-hetero) is 1. The molecule has 144 valence electrons. The van der Waals surface area contributed by atoms with Gasteiger partial charge in [-0.05, 0) is 42.2 Å². The number of hydrogen-bond acceptors (Lipinski definition) is 3. The van der Waals surface area contributed by atoms with Crippen molar-refractivity contribution in [3.8, 4) is 0 Å². The number of aromatic nitrogens is 2. The Labute approximate surface area is 165 Å². The average Bonchev–Trinajstić information content (AvgIpc) is 3.20. The lowest BCUT2D eigenvalue weighted by Gasteiger charge is -2.08. The second-order valence-electron chi connectivity index (χ2n) is 7.05. The molecule has 0 aliphatic carbocycles. The number of rotatable bonds is 8. The molecular formula is C23H25N3O2. The Bertz CT molecular complexity index is 944. The molecule has 0 unspecified atom stereocenters. The summed E-state index contributed by atoms with van der Waals surface area (Å²) in [6.45, 7) is 5.23.